The molecule has 0 N–H and O–H groups in total. The van der Waals surface area contributed by atoms with Gasteiger partial charge in [0.15, 0.2) is 0 Å². The van der Waals surface area contributed by atoms with Crippen LogP contribution < -0.4 is 0 Å². The number of benzene rings is 5. The minimum absolute atomic E-state index is 0.390. The Bertz CT molecular complexity index is 1510. The molecule has 7 rings (SSSR count). The van der Waals surface area contributed by atoms with Crippen LogP contribution in [0.15, 0.2) is 125 Å². The van der Waals surface area contributed by atoms with Crippen LogP contribution in [0.5, 0.6) is 0 Å². The van der Waals surface area contributed by atoms with E-state index in [2.05, 4.69) is 109 Å². The summed E-state index contributed by atoms with van der Waals surface area (Å²) in [5.41, 5.74) is 9.97. The molecule has 156 valence electrons. The van der Waals surface area contributed by atoms with Crippen LogP contribution in [0, 0.1) is 0 Å². The molecule has 2 heteroatoms. The third kappa shape index (κ3) is 2.61. The van der Waals surface area contributed by atoms with Crippen molar-refractivity contribution in [3.63, 3.8) is 0 Å². The zero-order valence-corrected chi connectivity index (χ0v) is 19.3. The van der Waals surface area contributed by atoms with Crippen molar-refractivity contribution < 1.29 is 0 Å². The van der Waals surface area contributed by atoms with Crippen molar-refractivity contribution in [2.45, 2.75) is 15.2 Å². The van der Waals surface area contributed by atoms with E-state index in [1.165, 1.54) is 54.3 Å². The second kappa shape index (κ2) is 7.12. The van der Waals surface area contributed by atoms with Gasteiger partial charge in [0.05, 0.1) is 5.41 Å². The third-order valence-corrected chi connectivity index (χ3v) is 8.40. The smallest absolute Gasteiger partial charge is 0.0736 e. The molecule has 1 heterocycles. The van der Waals surface area contributed by atoms with Gasteiger partial charge in [-0.25, -0.2) is 0 Å². The summed E-state index contributed by atoms with van der Waals surface area (Å²) >= 11 is 8.48. The minimum Gasteiger partial charge on any atom is -0.0894 e. The highest BCUT2D eigenvalue weighted by Crippen LogP contribution is 2.62. The van der Waals surface area contributed by atoms with Gasteiger partial charge in [-0.1, -0.05) is 108 Å². The molecular formula is C31H19ClS. The van der Waals surface area contributed by atoms with Gasteiger partial charge in [-0.05, 0) is 74.8 Å². The molecule has 0 atom stereocenters. The third-order valence-electron chi connectivity index (χ3n) is 7.01. The largest absolute Gasteiger partial charge is 0.0894 e. The topological polar surface area (TPSA) is 0 Å². The summed E-state index contributed by atoms with van der Waals surface area (Å²) in [4.78, 5) is 2.57. The standard InChI is InChI=1S/C31H19ClS/c32-22-15-17-30-28(19-22)31(25-12-6-4-10-23(25)24-11-5-7-13-26(24)31)27-18-21(14-16-29(27)33-30)20-8-2-1-3-9-20/h1-19H. The second-order valence-corrected chi connectivity index (χ2v) is 10.2. The summed E-state index contributed by atoms with van der Waals surface area (Å²) in [5, 5.41) is 0.776. The molecule has 5 aromatic carbocycles. The molecule has 0 saturated carbocycles. The van der Waals surface area contributed by atoms with Crippen molar-refractivity contribution >= 4 is 23.4 Å². The Morgan fingerprint density at radius 2 is 1.06 bits per heavy atom. The van der Waals surface area contributed by atoms with E-state index in [1.807, 2.05) is 17.8 Å². The predicted molar refractivity (Wildman–Crippen MR) is 138 cm³/mol. The highest BCUT2D eigenvalue weighted by atomic mass is 35.5. The summed E-state index contributed by atoms with van der Waals surface area (Å²) in [6.07, 6.45) is 0. The van der Waals surface area contributed by atoms with Crippen molar-refractivity contribution in [3.8, 4) is 22.3 Å². The van der Waals surface area contributed by atoms with Gasteiger partial charge in [-0.15, -0.1) is 0 Å². The van der Waals surface area contributed by atoms with Gasteiger partial charge in [0.2, 0.25) is 0 Å². The average Bonchev–Trinajstić information content (AvgIpc) is 3.16. The lowest BCUT2D eigenvalue weighted by Crippen LogP contribution is -2.32. The Morgan fingerprint density at radius 3 is 1.76 bits per heavy atom. The lowest BCUT2D eigenvalue weighted by Gasteiger charge is -2.40. The average molecular weight is 459 g/mol. The summed E-state index contributed by atoms with van der Waals surface area (Å²) in [6, 6.07) is 41.7. The van der Waals surface area contributed by atoms with Crippen LogP contribution in [0.25, 0.3) is 22.3 Å². The van der Waals surface area contributed by atoms with E-state index < -0.39 is 5.41 Å². The molecule has 2 aliphatic rings. The first-order valence-electron chi connectivity index (χ1n) is 11.1. The number of rotatable bonds is 1. The van der Waals surface area contributed by atoms with Crippen LogP contribution in [0.2, 0.25) is 5.02 Å². The number of hydrogen-bond acceptors (Lipinski definition) is 1. The molecule has 1 spiro atoms. The maximum atomic E-state index is 6.64. The van der Waals surface area contributed by atoms with Gasteiger partial charge >= 0.3 is 0 Å². The van der Waals surface area contributed by atoms with Crippen molar-refractivity contribution in [2.24, 2.45) is 0 Å². The van der Waals surface area contributed by atoms with Gasteiger partial charge in [0, 0.05) is 14.8 Å². The zero-order chi connectivity index (χ0) is 22.0. The molecule has 0 fully saturated rings. The Morgan fingerprint density at radius 1 is 0.485 bits per heavy atom. The Kier molecular flexibility index (Phi) is 4.15. The van der Waals surface area contributed by atoms with Crippen LogP contribution in [-0.2, 0) is 5.41 Å². The maximum Gasteiger partial charge on any atom is 0.0736 e. The van der Waals surface area contributed by atoms with Crippen molar-refractivity contribution in [1.29, 1.82) is 0 Å². The van der Waals surface area contributed by atoms with Crippen LogP contribution in [0.1, 0.15) is 22.3 Å². The molecule has 1 aliphatic heterocycles. The van der Waals surface area contributed by atoms with E-state index in [-0.39, 0.29) is 0 Å². The van der Waals surface area contributed by atoms with Gasteiger partial charge in [-0.3, -0.25) is 0 Å². The van der Waals surface area contributed by atoms with Crippen LogP contribution in [0.3, 0.4) is 0 Å². The second-order valence-electron chi connectivity index (χ2n) is 8.66. The van der Waals surface area contributed by atoms with Crippen LogP contribution >= 0.6 is 23.4 Å². The molecule has 0 radical (unpaired) electrons. The minimum atomic E-state index is -0.390. The molecular weight excluding hydrogens is 440 g/mol. The predicted octanol–water partition coefficient (Wildman–Crippen LogP) is 8.83. The van der Waals surface area contributed by atoms with Crippen LogP contribution in [0.4, 0.5) is 0 Å². The maximum absolute atomic E-state index is 6.64. The van der Waals surface area contributed by atoms with E-state index in [4.69, 9.17) is 11.6 Å². The first kappa shape index (κ1) is 19.2. The van der Waals surface area contributed by atoms with Crippen molar-refractivity contribution in [1.82, 2.24) is 0 Å². The lowest BCUT2D eigenvalue weighted by atomic mass is 9.67. The lowest BCUT2D eigenvalue weighted by molar-refractivity contribution is 0.723. The van der Waals surface area contributed by atoms with E-state index in [0.29, 0.717) is 0 Å². The van der Waals surface area contributed by atoms with Gasteiger partial charge < -0.3 is 0 Å². The van der Waals surface area contributed by atoms with Crippen molar-refractivity contribution in [3.05, 3.63) is 143 Å². The summed E-state index contributed by atoms with van der Waals surface area (Å²) in [5.74, 6) is 0. The number of fused-ring (bicyclic) bond motifs is 9. The Hall–Kier alpha value is -3.26. The highest BCUT2D eigenvalue weighted by Gasteiger charge is 2.50. The fourth-order valence-electron chi connectivity index (χ4n) is 5.69. The Balaban J connectivity index is 1.64. The molecule has 1 aliphatic carbocycles. The molecule has 5 aromatic rings. The monoisotopic (exact) mass is 458 g/mol. The molecule has 0 bridgehead atoms. The first-order valence-corrected chi connectivity index (χ1v) is 12.3. The quantitative estimate of drug-likeness (QED) is 0.237. The molecule has 0 aromatic heterocycles. The van der Waals surface area contributed by atoms with E-state index in [1.54, 1.807) is 0 Å². The number of hydrogen-bond donors (Lipinski definition) is 0. The first-order chi connectivity index (χ1) is 16.3. The summed E-state index contributed by atoms with van der Waals surface area (Å²) in [6.45, 7) is 0. The number of halogens is 1. The van der Waals surface area contributed by atoms with E-state index >= 15 is 0 Å². The van der Waals surface area contributed by atoms with E-state index in [0.717, 1.165) is 5.02 Å². The molecule has 0 saturated heterocycles. The normalized spacial score (nSPS) is 14.3. The van der Waals surface area contributed by atoms with Crippen LogP contribution in [-0.4, -0.2) is 0 Å². The molecule has 0 amide bonds. The SMILES string of the molecule is Clc1ccc2c(c1)C1(c3cc(-c4ccccc4)ccc3S2)c2ccccc2-c2ccccc21. The summed E-state index contributed by atoms with van der Waals surface area (Å²) in [7, 11) is 0. The fraction of sp³-hybridized carbons (Fsp3) is 0.0323. The van der Waals surface area contributed by atoms with Gasteiger partial charge in [0.1, 0.15) is 0 Å². The molecule has 0 unspecified atom stereocenters. The van der Waals surface area contributed by atoms with Gasteiger partial charge in [0.25, 0.3) is 0 Å². The highest BCUT2D eigenvalue weighted by molar-refractivity contribution is 7.99. The fourth-order valence-corrected chi connectivity index (χ4v) is 7.01. The van der Waals surface area contributed by atoms with Crippen molar-refractivity contribution in [2.75, 3.05) is 0 Å². The molecule has 33 heavy (non-hydrogen) atoms. The Labute approximate surface area is 202 Å². The molecule has 0 nitrogen and oxygen atoms in total. The summed E-state index contributed by atoms with van der Waals surface area (Å²) < 4.78 is 0. The van der Waals surface area contributed by atoms with Gasteiger partial charge in [-0.2, -0.15) is 0 Å². The zero-order valence-electron chi connectivity index (χ0n) is 17.8. The van der Waals surface area contributed by atoms with E-state index in [9.17, 15) is 0 Å².